The van der Waals surface area contributed by atoms with Gasteiger partial charge in [0.15, 0.2) is 0 Å². The second-order valence-corrected chi connectivity index (χ2v) is 5.48. The van der Waals surface area contributed by atoms with Crippen molar-refractivity contribution in [2.24, 2.45) is 0 Å². The molecule has 5 heteroatoms. The lowest BCUT2D eigenvalue weighted by atomic mass is 10.1. The molecule has 5 nitrogen and oxygen atoms in total. The molecule has 0 saturated heterocycles. The Morgan fingerprint density at radius 3 is 2.74 bits per heavy atom. The number of amides is 1. The van der Waals surface area contributed by atoms with Gasteiger partial charge in [-0.1, -0.05) is 11.6 Å². The summed E-state index contributed by atoms with van der Waals surface area (Å²) in [5.41, 5.74) is 3.28. The lowest BCUT2D eigenvalue weighted by Crippen LogP contribution is -2.26. The topological polar surface area (TPSA) is 68.3 Å². The molecule has 2 rings (SSSR count). The summed E-state index contributed by atoms with van der Waals surface area (Å²) >= 11 is 0. The lowest BCUT2D eigenvalue weighted by Gasteiger charge is -2.09. The van der Waals surface area contributed by atoms with Crippen molar-refractivity contribution >= 4 is 22.8 Å². The fourth-order valence-corrected chi connectivity index (χ4v) is 2.39. The average molecular weight is 314 g/mol. The SMILES string of the molecule is CCOC(=O)CCCNC(=O)c1cc2cc(C)ccc2nc1C. The molecule has 1 aromatic heterocycles. The van der Waals surface area contributed by atoms with Gasteiger partial charge in [-0.3, -0.25) is 14.6 Å². The van der Waals surface area contributed by atoms with E-state index in [4.69, 9.17) is 4.74 Å². The van der Waals surface area contributed by atoms with E-state index in [2.05, 4.69) is 10.3 Å². The molecule has 0 aliphatic carbocycles. The largest absolute Gasteiger partial charge is 0.466 e. The molecule has 2 aromatic rings. The third-order valence-corrected chi connectivity index (χ3v) is 3.55. The van der Waals surface area contributed by atoms with Crippen LogP contribution in [0.4, 0.5) is 0 Å². The van der Waals surface area contributed by atoms with E-state index in [0.29, 0.717) is 37.3 Å². The number of aromatic nitrogens is 1. The van der Waals surface area contributed by atoms with Crippen molar-refractivity contribution in [3.63, 3.8) is 0 Å². The van der Waals surface area contributed by atoms with Gasteiger partial charge in [0.1, 0.15) is 0 Å². The Bertz CT molecular complexity index is 726. The molecule has 1 aromatic carbocycles. The fraction of sp³-hybridized carbons (Fsp3) is 0.389. The molecular weight excluding hydrogens is 292 g/mol. The van der Waals surface area contributed by atoms with Crippen LogP contribution in [0.15, 0.2) is 24.3 Å². The number of carbonyl (C=O) groups is 2. The summed E-state index contributed by atoms with van der Waals surface area (Å²) in [6, 6.07) is 7.84. The van der Waals surface area contributed by atoms with Crippen LogP contribution in [0, 0.1) is 13.8 Å². The van der Waals surface area contributed by atoms with Gasteiger partial charge in [-0.2, -0.15) is 0 Å². The summed E-state index contributed by atoms with van der Waals surface area (Å²) in [5, 5.41) is 3.78. The van der Waals surface area contributed by atoms with Gasteiger partial charge in [-0.15, -0.1) is 0 Å². The molecule has 0 unspecified atom stereocenters. The minimum atomic E-state index is -0.235. The first-order chi connectivity index (χ1) is 11.0. The van der Waals surface area contributed by atoms with Crippen LogP contribution < -0.4 is 5.32 Å². The molecule has 0 atom stereocenters. The van der Waals surface area contributed by atoms with Crippen LogP contribution >= 0.6 is 0 Å². The summed E-state index contributed by atoms with van der Waals surface area (Å²) < 4.78 is 4.85. The summed E-state index contributed by atoms with van der Waals surface area (Å²) in [5.74, 6) is -0.400. The van der Waals surface area contributed by atoms with Gasteiger partial charge in [0.05, 0.1) is 23.4 Å². The maximum absolute atomic E-state index is 12.3. The van der Waals surface area contributed by atoms with Gasteiger partial charge in [0, 0.05) is 18.4 Å². The highest BCUT2D eigenvalue weighted by molar-refractivity contribution is 5.98. The van der Waals surface area contributed by atoms with Crippen molar-refractivity contribution in [1.29, 1.82) is 0 Å². The van der Waals surface area contributed by atoms with E-state index in [1.54, 1.807) is 6.92 Å². The summed E-state index contributed by atoms with van der Waals surface area (Å²) in [7, 11) is 0. The second-order valence-electron chi connectivity index (χ2n) is 5.48. The Hall–Kier alpha value is -2.43. The standard InChI is InChI=1S/C18H22N2O3/c1-4-23-17(21)6-5-9-19-18(22)15-11-14-10-12(2)7-8-16(14)20-13(15)3/h7-8,10-11H,4-6,9H2,1-3H3,(H,19,22). The number of nitrogens with one attached hydrogen (secondary N) is 1. The maximum atomic E-state index is 12.3. The quantitative estimate of drug-likeness (QED) is 0.657. The van der Waals surface area contributed by atoms with Crippen LogP contribution in [0.25, 0.3) is 10.9 Å². The van der Waals surface area contributed by atoms with Crippen LogP contribution in [-0.4, -0.2) is 30.0 Å². The van der Waals surface area contributed by atoms with Crippen molar-refractivity contribution in [3.8, 4) is 0 Å². The van der Waals surface area contributed by atoms with Crippen LogP contribution in [0.5, 0.6) is 0 Å². The van der Waals surface area contributed by atoms with Crippen LogP contribution in [-0.2, 0) is 9.53 Å². The number of pyridine rings is 1. The molecule has 23 heavy (non-hydrogen) atoms. The number of ether oxygens (including phenoxy) is 1. The minimum absolute atomic E-state index is 0.165. The number of aryl methyl sites for hydroxylation is 2. The zero-order chi connectivity index (χ0) is 16.8. The molecule has 0 fully saturated rings. The first-order valence-electron chi connectivity index (χ1n) is 7.83. The van der Waals surface area contributed by atoms with E-state index in [-0.39, 0.29) is 11.9 Å². The van der Waals surface area contributed by atoms with Crippen molar-refractivity contribution in [2.45, 2.75) is 33.6 Å². The van der Waals surface area contributed by atoms with E-state index < -0.39 is 0 Å². The van der Waals surface area contributed by atoms with Crippen LogP contribution in [0.1, 0.15) is 41.4 Å². The summed E-state index contributed by atoms with van der Waals surface area (Å²) in [4.78, 5) is 28.0. The molecule has 0 spiro atoms. The highest BCUT2D eigenvalue weighted by Crippen LogP contribution is 2.18. The Morgan fingerprint density at radius 1 is 1.22 bits per heavy atom. The number of rotatable bonds is 6. The lowest BCUT2D eigenvalue weighted by molar-refractivity contribution is -0.143. The van der Waals surface area contributed by atoms with Gasteiger partial charge in [-0.05, 0) is 45.4 Å². The molecule has 0 saturated carbocycles. The Balaban J connectivity index is 2.00. The van der Waals surface area contributed by atoms with Gasteiger partial charge in [0.25, 0.3) is 5.91 Å². The Labute approximate surface area is 136 Å². The van der Waals surface area contributed by atoms with E-state index in [9.17, 15) is 9.59 Å². The first-order valence-corrected chi connectivity index (χ1v) is 7.83. The van der Waals surface area contributed by atoms with Crippen molar-refractivity contribution in [1.82, 2.24) is 10.3 Å². The smallest absolute Gasteiger partial charge is 0.305 e. The van der Waals surface area contributed by atoms with Gasteiger partial charge in [0.2, 0.25) is 0 Å². The zero-order valence-corrected chi connectivity index (χ0v) is 13.8. The number of hydrogen-bond acceptors (Lipinski definition) is 4. The number of fused-ring (bicyclic) bond motifs is 1. The minimum Gasteiger partial charge on any atom is -0.466 e. The molecule has 0 aliphatic heterocycles. The summed E-state index contributed by atoms with van der Waals surface area (Å²) in [6.07, 6.45) is 0.867. The number of nitrogens with zero attached hydrogens (tertiary/aromatic N) is 1. The van der Waals surface area contributed by atoms with E-state index in [1.807, 2.05) is 38.1 Å². The van der Waals surface area contributed by atoms with E-state index in [0.717, 1.165) is 16.5 Å². The van der Waals surface area contributed by atoms with Crippen molar-refractivity contribution in [3.05, 3.63) is 41.1 Å². The monoisotopic (exact) mass is 314 g/mol. The molecule has 1 amide bonds. The Morgan fingerprint density at radius 2 is 2.00 bits per heavy atom. The number of hydrogen-bond donors (Lipinski definition) is 1. The molecular formula is C18H22N2O3. The van der Waals surface area contributed by atoms with E-state index >= 15 is 0 Å². The average Bonchev–Trinajstić information content (AvgIpc) is 2.51. The first kappa shape index (κ1) is 16.9. The molecule has 0 radical (unpaired) electrons. The van der Waals surface area contributed by atoms with Crippen LogP contribution in [0.2, 0.25) is 0 Å². The third-order valence-electron chi connectivity index (χ3n) is 3.55. The van der Waals surface area contributed by atoms with Crippen molar-refractivity contribution in [2.75, 3.05) is 13.2 Å². The highest BCUT2D eigenvalue weighted by atomic mass is 16.5. The molecule has 0 aliphatic rings. The zero-order valence-electron chi connectivity index (χ0n) is 13.8. The van der Waals surface area contributed by atoms with Gasteiger partial charge < -0.3 is 10.1 Å². The molecule has 1 N–H and O–H groups in total. The summed E-state index contributed by atoms with van der Waals surface area (Å²) in [6.45, 7) is 6.42. The molecule has 1 heterocycles. The van der Waals surface area contributed by atoms with Crippen LogP contribution in [0.3, 0.4) is 0 Å². The number of carbonyl (C=O) groups excluding carboxylic acids is 2. The molecule has 122 valence electrons. The Kier molecular flexibility index (Phi) is 5.68. The second kappa shape index (κ2) is 7.72. The highest BCUT2D eigenvalue weighted by Gasteiger charge is 2.11. The van der Waals surface area contributed by atoms with E-state index in [1.165, 1.54) is 0 Å². The third kappa shape index (κ3) is 4.52. The van der Waals surface area contributed by atoms with Gasteiger partial charge in [-0.25, -0.2) is 0 Å². The normalized spacial score (nSPS) is 10.6. The maximum Gasteiger partial charge on any atom is 0.305 e. The predicted molar refractivity (Wildman–Crippen MR) is 89.4 cm³/mol. The van der Waals surface area contributed by atoms with Gasteiger partial charge >= 0.3 is 5.97 Å². The number of benzene rings is 1. The molecule has 0 bridgehead atoms. The fourth-order valence-electron chi connectivity index (χ4n) is 2.39. The predicted octanol–water partition coefficient (Wildman–Crippen LogP) is 2.92. The number of esters is 1. The van der Waals surface area contributed by atoms with Crippen molar-refractivity contribution < 1.29 is 14.3 Å².